The van der Waals surface area contributed by atoms with Crippen molar-refractivity contribution in [3.8, 4) is 17.2 Å². The molecule has 0 fully saturated rings. The highest BCUT2D eigenvalue weighted by molar-refractivity contribution is 5.65. The number of hydrogen-bond donors (Lipinski definition) is 3. The van der Waals surface area contributed by atoms with Crippen molar-refractivity contribution < 1.29 is 15.3 Å². The van der Waals surface area contributed by atoms with Gasteiger partial charge >= 0.3 is 0 Å². The van der Waals surface area contributed by atoms with Crippen LogP contribution in [0.5, 0.6) is 17.2 Å². The van der Waals surface area contributed by atoms with Crippen LogP contribution in [0.4, 0.5) is 0 Å². The van der Waals surface area contributed by atoms with Crippen LogP contribution in [-0.2, 0) is 0 Å². The largest absolute Gasteiger partial charge is 0.508 e. The highest BCUT2D eigenvalue weighted by atomic mass is 16.3. The summed E-state index contributed by atoms with van der Waals surface area (Å²) >= 11 is 0. The first-order valence-electron chi connectivity index (χ1n) is 4.06. The minimum atomic E-state index is -0.149. The van der Waals surface area contributed by atoms with Crippen molar-refractivity contribution in [3.05, 3.63) is 23.8 Å². The van der Waals surface area contributed by atoms with Gasteiger partial charge in [-0.15, -0.1) is 0 Å². The molecule has 0 bridgehead atoms. The Morgan fingerprint density at radius 3 is 2.15 bits per heavy atom. The molecule has 0 aliphatic carbocycles. The van der Waals surface area contributed by atoms with Crippen LogP contribution >= 0.6 is 0 Å². The summed E-state index contributed by atoms with van der Waals surface area (Å²) in [7, 11) is 0. The zero-order valence-electron chi connectivity index (χ0n) is 7.36. The molecule has 70 valence electrons. The van der Waals surface area contributed by atoms with E-state index in [9.17, 15) is 10.2 Å². The molecule has 0 aromatic heterocycles. The summed E-state index contributed by atoms with van der Waals surface area (Å²) < 4.78 is 0. The highest BCUT2D eigenvalue weighted by Gasteiger charge is 2.05. The van der Waals surface area contributed by atoms with E-state index in [0.29, 0.717) is 5.56 Å². The molecule has 0 spiro atoms. The van der Waals surface area contributed by atoms with Gasteiger partial charge in [0.25, 0.3) is 0 Å². The molecule has 1 aromatic carbocycles. The molecule has 3 nitrogen and oxygen atoms in total. The summed E-state index contributed by atoms with van der Waals surface area (Å²) in [6.07, 6.45) is 4.25. The van der Waals surface area contributed by atoms with Crippen molar-refractivity contribution in [1.29, 1.82) is 0 Å². The number of allylic oxidation sites excluding steroid dienone is 1. The van der Waals surface area contributed by atoms with Crippen molar-refractivity contribution in [2.45, 2.75) is 13.3 Å². The van der Waals surface area contributed by atoms with Gasteiger partial charge in [0.2, 0.25) is 0 Å². The van der Waals surface area contributed by atoms with E-state index in [1.54, 1.807) is 6.08 Å². The molecule has 0 aliphatic rings. The third-order valence-corrected chi connectivity index (χ3v) is 1.64. The molecule has 0 heterocycles. The van der Waals surface area contributed by atoms with E-state index in [4.69, 9.17) is 5.11 Å². The number of rotatable bonds is 2. The van der Waals surface area contributed by atoms with Gasteiger partial charge in [-0.2, -0.15) is 0 Å². The molecule has 13 heavy (non-hydrogen) atoms. The molecular formula is C10H12O3. The second-order valence-electron chi connectivity index (χ2n) is 2.71. The predicted octanol–water partition coefficient (Wildman–Crippen LogP) is 2.23. The van der Waals surface area contributed by atoms with E-state index in [1.165, 1.54) is 12.1 Å². The lowest BCUT2D eigenvalue weighted by Crippen LogP contribution is -1.77. The van der Waals surface area contributed by atoms with Gasteiger partial charge in [-0.3, -0.25) is 0 Å². The summed E-state index contributed by atoms with van der Waals surface area (Å²) in [5, 5.41) is 27.7. The first-order valence-corrected chi connectivity index (χ1v) is 4.06. The molecule has 1 rings (SSSR count). The smallest absolute Gasteiger partial charge is 0.130 e. The minimum absolute atomic E-state index is 0.123. The zero-order chi connectivity index (χ0) is 9.84. The average molecular weight is 180 g/mol. The molecule has 1 aromatic rings. The Labute approximate surface area is 76.6 Å². The number of benzene rings is 1. The fourth-order valence-corrected chi connectivity index (χ4v) is 1.02. The van der Waals surface area contributed by atoms with E-state index in [-0.39, 0.29) is 17.2 Å². The summed E-state index contributed by atoms with van der Waals surface area (Å²) in [5.74, 6) is -0.395. The lowest BCUT2D eigenvalue weighted by atomic mass is 10.1. The molecule has 0 amide bonds. The van der Waals surface area contributed by atoms with Gasteiger partial charge in [-0.25, -0.2) is 0 Å². The van der Waals surface area contributed by atoms with Crippen LogP contribution in [0.1, 0.15) is 18.9 Å². The van der Waals surface area contributed by atoms with Crippen LogP contribution in [0.3, 0.4) is 0 Å². The second-order valence-corrected chi connectivity index (χ2v) is 2.71. The van der Waals surface area contributed by atoms with E-state index in [1.807, 2.05) is 13.0 Å². The SMILES string of the molecule is CC/C=C/c1c(O)cc(O)cc1O. The third kappa shape index (κ3) is 2.15. The van der Waals surface area contributed by atoms with Crippen molar-refractivity contribution >= 4 is 6.08 Å². The maximum atomic E-state index is 9.33. The normalized spacial score (nSPS) is 10.8. The van der Waals surface area contributed by atoms with Gasteiger partial charge in [0.15, 0.2) is 0 Å². The summed E-state index contributed by atoms with van der Waals surface area (Å²) in [4.78, 5) is 0. The van der Waals surface area contributed by atoms with E-state index in [2.05, 4.69) is 0 Å². The maximum Gasteiger partial charge on any atom is 0.130 e. The topological polar surface area (TPSA) is 60.7 Å². The Bertz CT molecular complexity index is 306. The zero-order valence-corrected chi connectivity index (χ0v) is 7.36. The number of phenolic OH excluding ortho intramolecular Hbond substituents is 3. The van der Waals surface area contributed by atoms with Crippen LogP contribution < -0.4 is 0 Å². The maximum absolute atomic E-state index is 9.33. The Morgan fingerprint density at radius 2 is 1.69 bits per heavy atom. The van der Waals surface area contributed by atoms with Crippen molar-refractivity contribution in [3.63, 3.8) is 0 Å². The van der Waals surface area contributed by atoms with Crippen LogP contribution in [0.25, 0.3) is 6.08 Å². The minimum Gasteiger partial charge on any atom is -0.508 e. The van der Waals surface area contributed by atoms with Crippen LogP contribution in [0.15, 0.2) is 18.2 Å². The number of phenols is 3. The molecule has 3 heteroatoms. The molecule has 0 radical (unpaired) electrons. The van der Waals surface area contributed by atoms with Gasteiger partial charge in [0.05, 0.1) is 5.56 Å². The Kier molecular flexibility index (Phi) is 2.80. The second kappa shape index (κ2) is 3.85. The van der Waals surface area contributed by atoms with Gasteiger partial charge < -0.3 is 15.3 Å². The molecule has 0 unspecified atom stereocenters. The van der Waals surface area contributed by atoms with E-state index < -0.39 is 0 Å². The van der Waals surface area contributed by atoms with Gasteiger partial charge in [0, 0.05) is 12.1 Å². The van der Waals surface area contributed by atoms with Crippen molar-refractivity contribution in [2.24, 2.45) is 0 Å². The predicted molar refractivity (Wildman–Crippen MR) is 50.8 cm³/mol. The molecule has 3 N–H and O–H groups in total. The fourth-order valence-electron chi connectivity index (χ4n) is 1.02. The van der Waals surface area contributed by atoms with Crippen molar-refractivity contribution in [1.82, 2.24) is 0 Å². The molecular weight excluding hydrogens is 168 g/mol. The summed E-state index contributed by atoms with van der Waals surface area (Å²) in [6, 6.07) is 2.38. The summed E-state index contributed by atoms with van der Waals surface area (Å²) in [5.41, 5.74) is 0.333. The summed E-state index contributed by atoms with van der Waals surface area (Å²) in [6.45, 7) is 1.95. The molecule has 0 saturated carbocycles. The molecule has 0 atom stereocenters. The van der Waals surface area contributed by atoms with E-state index in [0.717, 1.165) is 6.42 Å². The van der Waals surface area contributed by atoms with Crippen LogP contribution in [0, 0.1) is 0 Å². The lowest BCUT2D eigenvalue weighted by molar-refractivity contribution is 0.426. The molecule has 0 saturated heterocycles. The third-order valence-electron chi connectivity index (χ3n) is 1.64. The Morgan fingerprint density at radius 1 is 1.15 bits per heavy atom. The average Bonchev–Trinajstić information content (AvgIpc) is 2.02. The number of aromatic hydroxyl groups is 3. The van der Waals surface area contributed by atoms with Crippen LogP contribution in [0.2, 0.25) is 0 Å². The first kappa shape index (κ1) is 9.45. The Balaban J connectivity index is 3.13. The van der Waals surface area contributed by atoms with E-state index >= 15 is 0 Å². The number of hydrogen-bond acceptors (Lipinski definition) is 3. The van der Waals surface area contributed by atoms with Crippen molar-refractivity contribution in [2.75, 3.05) is 0 Å². The van der Waals surface area contributed by atoms with Gasteiger partial charge in [-0.1, -0.05) is 19.1 Å². The quantitative estimate of drug-likeness (QED) is 0.654. The highest BCUT2D eigenvalue weighted by Crippen LogP contribution is 2.32. The Hall–Kier alpha value is -1.64. The fraction of sp³-hybridized carbons (Fsp3) is 0.200. The monoisotopic (exact) mass is 180 g/mol. The van der Waals surface area contributed by atoms with Gasteiger partial charge in [-0.05, 0) is 6.42 Å². The van der Waals surface area contributed by atoms with Gasteiger partial charge in [0.1, 0.15) is 17.2 Å². The standard InChI is InChI=1S/C10H12O3/c1-2-3-4-8-9(12)5-7(11)6-10(8)13/h3-6,11-13H,2H2,1H3/b4-3+. The lowest BCUT2D eigenvalue weighted by Gasteiger charge is -2.02. The van der Waals surface area contributed by atoms with Crippen LogP contribution in [-0.4, -0.2) is 15.3 Å². The first-order chi connectivity index (χ1) is 6.15. The molecule has 0 aliphatic heterocycles.